The summed E-state index contributed by atoms with van der Waals surface area (Å²) in [6.07, 6.45) is 2.17. The molecule has 0 aliphatic carbocycles. The van der Waals surface area contributed by atoms with E-state index in [4.69, 9.17) is 13.6 Å². The van der Waals surface area contributed by atoms with Gasteiger partial charge in [-0.1, -0.05) is 42.5 Å². The van der Waals surface area contributed by atoms with Crippen LogP contribution in [0.1, 0.15) is 45.7 Å². The summed E-state index contributed by atoms with van der Waals surface area (Å²) >= 11 is 1.19. The van der Waals surface area contributed by atoms with Gasteiger partial charge in [-0.05, 0) is 68.9 Å². The van der Waals surface area contributed by atoms with Crippen molar-refractivity contribution in [1.29, 1.82) is 0 Å². The predicted octanol–water partition coefficient (Wildman–Crippen LogP) is 5.13. The van der Waals surface area contributed by atoms with Crippen LogP contribution in [0.2, 0.25) is 0 Å². The molecule has 0 amide bonds. The number of benzene rings is 2. The topological polar surface area (TPSA) is 36.9 Å². The normalized spacial score (nSPS) is 18.5. The Hall–Kier alpha value is -1.57. The highest BCUT2D eigenvalue weighted by atomic mass is 32.2. The maximum atomic E-state index is 6.17. The van der Waals surface area contributed by atoms with Gasteiger partial charge in [0.25, 0.3) is 0 Å². The van der Waals surface area contributed by atoms with E-state index in [0.717, 1.165) is 21.5 Å². The van der Waals surface area contributed by atoms with E-state index in [-0.39, 0.29) is 18.3 Å². The molecule has 28 heavy (non-hydrogen) atoms. The first kappa shape index (κ1) is 21.2. The number of rotatable bonds is 6. The largest absolute Gasteiger partial charge is 0.494 e. The molecule has 4 nitrogen and oxygen atoms in total. The summed E-state index contributed by atoms with van der Waals surface area (Å²) in [7, 11) is 1.14. The molecule has 0 bridgehead atoms. The van der Waals surface area contributed by atoms with Gasteiger partial charge in [0.1, 0.15) is 0 Å². The fraction of sp³-hybridized carbons (Fsp3) is 0.364. The second kappa shape index (κ2) is 8.43. The average Bonchev–Trinajstić information content (AvgIpc) is 2.88. The van der Waals surface area contributed by atoms with E-state index in [1.807, 2.05) is 18.2 Å². The van der Waals surface area contributed by atoms with Crippen LogP contribution in [-0.4, -0.2) is 25.4 Å². The third-order valence-corrected chi connectivity index (χ3v) is 6.00. The van der Waals surface area contributed by atoms with Crippen LogP contribution in [0.25, 0.3) is 11.6 Å². The second-order valence-corrected chi connectivity index (χ2v) is 8.70. The molecule has 1 aliphatic heterocycles. The zero-order chi connectivity index (χ0) is 20.4. The number of hydrogen-bond acceptors (Lipinski definition) is 5. The molecule has 2 aromatic rings. The van der Waals surface area contributed by atoms with Gasteiger partial charge < -0.3 is 9.31 Å². The molecule has 0 aromatic heterocycles. The standard InChI is InChI=1S/C22H27BO4S/c1-16(18-10-12-20(13-11-18)28-27-24-6)14-17-8-7-9-19(15-17)23-25-21(2,3)22(4,5)26-23/h7-15H,1-6H3/b16-14+. The maximum Gasteiger partial charge on any atom is 0.494 e. The van der Waals surface area contributed by atoms with E-state index in [2.05, 4.69) is 75.9 Å². The minimum atomic E-state index is -0.351. The summed E-state index contributed by atoms with van der Waals surface area (Å²) in [5.41, 5.74) is 3.80. The van der Waals surface area contributed by atoms with E-state index in [9.17, 15) is 0 Å². The van der Waals surface area contributed by atoms with E-state index >= 15 is 0 Å². The molecule has 0 atom stereocenters. The summed E-state index contributed by atoms with van der Waals surface area (Å²) < 4.78 is 17.2. The van der Waals surface area contributed by atoms with Crippen LogP contribution in [0.4, 0.5) is 0 Å². The van der Waals surface area contributed by atoms with Gasteiger partial charge in [0.05, 0.1) is 30.4 Å². The fourth-order valence-electron chi connectivity index (χ4n) is 2.95. The van der Waals surface area contributed by atoms with E-state index in [0.29, 0.717) is 0 Å². The van der Waals surface area contributed by atoms with E-state index in [1.165, 1.54) is 24.7 Å². The molecular formula is C22H27BO4S. The van der Waals surface area contributed by atoms with Crippen LogP contribution in [0.5, 0.6) is 0 Å². The SMILES string of the molecule is COOSc1ccc(/C(C)=C/c2cccc(B3OC(C)(C)C(C)(C)O3)c2)cc1. The van der Waals surface area contributed by atoms with Crippen molar-refractivity contribution in [3.63, 3.8) is 0 Å². The summed E-state index contributed by atoms with van der Waals surface area (Å²) in [5, 5.41) is 0. The van der Waals surface area contributed by atoms with Crippen molar-refractivity contribution in [1.82, 2.24) is 0 Å². The van der Waals surface area contributed by atoms with Crippen molar-refractivity contribution in [2.24, 2.45) is 0 Å². The molecule has 0 N–H and O–H groups in total. The Kier molecular flexibility index (Phi) is 6.37. The highest BCUT2D eigenvalue weighted by Crippen LogP contribution is 2.36. The molecule has 1 fully saturated rings. The molecule has 3 rings (SSSR count). The van der Waals surface area contributed by atoms with Crippen molar-refractivity contribution in [2.45, 2.75) is 50.7 Å². The first-order chi connectivity index (χ1) is 13.2. The van der Waals surface area contributed by atoms with Crippen LogP contribution in [-0.2, 0) is 18.5 Å². The van der Waals surface area contributed by atoms with Gasteiger partial charge in [-0.15, -0.1) is 0 Å². The predicted molar refractivity (Wildman–Crippen MR) is 116 cm³/mol. The van der Waals surface area contributed by atoms with Crippen molar-refractivity contribution < 1.29 is 18.5 Å². The Bertz CT molecular complexity index is 830. The smallest absolute Gasteiger partial charge is 0.399 e. The highest BCUT2D eigenvalue weighted by molar-refractivity contribution is 7.94. The molecule has 2 aromatic carbocycles. The lowest BCUT2D eigenvalue weighted by Crippen LogP contribution is -2.41. The number of hydrogen-bond donors (Lipinski definition) is 0. The van der Waals surface area contributed by atoms with Gasteiger partial charge >= 0.3 is 7.12 Å². The molecule has 1 saturated heterocycles. The first-order valence-electron chi connectivity index (χ1n) is 9.33. The van der Waals surface area contributed by atoms with Gasteiger partial charge in [-0.2, -0.15) is 4.33 Å². The summed E-state index contributed by atoms with van der Waals surface area (Å²) in [5.74, 6) is 0. The van der Waals surface area contributed by atoms with Crippen LogP contribution < -0.4 is 5.46 Å². The van der Waals surface area contributed by atoms with E-state index in [1.54, 1.807) is 0 Å². The maximum absolute atomic E-state index is 6.17. The lowest BCUT2D eigenvalue weighted by Gasteiger charge is -2.32. The van der Waals surface area contributed by atoms with Gasteiger partial charge in [-0.3, -0.25) is 0 Å². The fourth-order valence-corrected chi connectivity index (χ4v) is 3.35. The Balaban J connectivity index is 1.77. The molecule has 1 aliphatic rings. The minimum absolute atomic E-state index is 0.342. The molecule has 0 radical (unpaired) electrons. The molecule has 6 heteroatoms. The van der Waals surface area contributed by atoms with Crippen molar-refractivity contribution in [3.8, 4) is 0 Å². The Morgan fingerprint density at radius 1 is 1.00 bits per heavy atom. The average molecular weight is 398 g/mol. The number of allylic oxidation sites excluding steroid dienone is 1. The first-order valence-corrected chi connectivity index (χ1v) is 10.1. The van der Waals surface area contributed by atoms with Crippen molar-refractivity contribution in [2.75, 3.05) is 7.11 Å². The highest BCUT2D eigenvalue weighted by Gasteiger charge is 2.51. The van der Waals surface area contributed by atoms with Gasteiger partial charge in [0.2, 0.25) is 0 Å². The summed E-state index contributed by atoms with van der Waals surface area (Å²) in [6, 6.07) is 16.5. The zero-order valence-corrected chi connectivity index (χ0v) is 18.1. The summed E-state index contributed by atoms with van der Waals surface area (Å²) in [4.78, 5) is 5.60. The van der Waals surface area contributed by atoms with Gasteiger partial charge in [0.15, 0.2) is 0 Å². The lowest BCUT2D eigenvalue weighted by molar-refractivity contribution is -0.160. The Morgan fingerprint density at radius 3 is 2.25 bits per heavy atom. The van der Waals surface area contributed by atoms with Crippen LogP contribution in [0, 0.1) is 0 Å². The summed E-state index contributed by atoms with van der Waals surface area (Å²) in [6.45, 7) is 10.4. The minimum Gasteiger partial charge on any atom is -0.399 e. The molecule has 0 spiro atoms. The Morgan fingerprint density at radius 2 is 1.64 bits per heavy atom. The molecular weight excluding hydrogens is 371 g/mol. The molecule has 148 valence electrons. The van der Waals surface area contributed by atoms with Gasteiger partial charge in [-0.25, -0.2) is 4.89 Å². The van der Waals surface area contributed by atoms with E-state index < -0.39 is 0 Å². The monoisotopic (exact) mass is 398 g/mol. The third kappa shape index (κ3) is 4.70. The van der Waals surface area contributed by atoms with Crippen molar-refractivity contribution >= 4 is 36.3 Å². The molecule has 0 saturated carbocycles. The van der Waals surface area contributed by atoms with Crippen molar-refractivity contribution in [3.05, 3.63) is 59.7 Å². The van der Waals surface area contributed by atoms with Crippen LogP contribution in [0.15, 0.2) is 53.4 Å². The second-order valence-electron chi connectivity index (χ2n) is 7.93. The lowest BCUT2D eigenvalue weighted by atomic mass is 9.78. The van der Waals surface area contributed by atoms with Gasteiger partial charge in [0, 0.05) is 4.90 Å². The zero-order valence-electron chi connectivity index (χ0n) is 17.3. The van der Waals surface area contributed by atoms with Crippen LogP contribution in [0.3, 0.4) is 0 Å². The Labute approximate surface area is 172 Å². The van der Waals surface area contributed by atoms with Crippen LogP contribution >= 0.6 is 12.0 Å². The molecule has 1 heterocycles. The molecule has 0 unspecified atom stereocenters. The third-order valence-electron chi connectivity index (χ3n) is 5.33. The quantitative estimate of drug-likeness (QED) is 0.222.